The zero-order valence-corrected chi connectivity index (χ0v) is 16.5. The first-order chi connectivity index (χ1) is 12.8. The summed E-state index contributed by atoms with van der Waals surface area (Å²) in [6, 6.07) is 0. The molecule has 26 heavy (non-hydrogen) atoms. The Kier molecular flexibility index (Phi) is 6.59. The van der Waals surface area contributed by atoms with Gasteiger partial charge in [-0.05, 0) is 73.5 Å². The Morgan fingerprint density at radius 1 is 0.692 bits per heavy atom. The molecule has 150 valence electrons. The van der Waals surface area contributed by atoms with Crippen LogP contribution in [0.4, 0.5) is 0 Å². The maximum absolute atomic E-state index is 8.94. The van der Waals surface area contributed by atoms with E-state index in [0.717, 1.165) is 24.2 Å². The first-order valence-electron chi connectivity index (χ1n) is 11.7. The lowest BCUT2D eigenvalue weighted by atomic mass is 9.30. The Balaban J connectivity index is 0.992. The van der Waals surface area contributed by atoms with Crippen LogP contribution in [-0.4, -0.2) is 36.1 Å². The van der Waals surface area contributed by atoms with Gasteiger partial charge in [-0.1, -0.05) is 44.9 Å². The SMILES string of the molecule is OCC(CO)OCCCCCCCC[C@H]1CC[C@@H]2[C@H](C1)[C@H]1[C@@H]3CC[C@@H]3[C@@H]21. The van der Waals surface area contributed by atoms with Gasteiger partial charge in [-0.3, -0.25) is 0 Å². The second-order valence-electron chi connectivity index (χ2n) is 9.83. The summed E-state index contributed by atoms with van der Waals surface area (Å²) in [5, 5.41) is 17.9. The van der Waals surface area contributed by atoms with E-state index >= 15 is 0 Å². The molecule has 0 aromatic carbocycles. The van der Waals surface area contributed by atoms with Crippen LogP contribution in [0.3, 0.4) is 0 Å². The number of aliphatic hydroxyl groups excluding tert-OH is 2. The number of hydrogen-bond acceptors (Lipinski definition) is 3. The van der Waals surface area contributed by atoms with Crippen molar-refractivity contribution in [3.8, 4) is 0 Å². The molecule has 0 heterocycles. The van der Waals surface area contributed by atoms with Crippen LogP contribution in [0.1, 0.15) is 77.0 Å². The van der Waals surface area contributed by atoms with Crippen LogP contribution in [0.15, 0.2) is 0 Å². The molecular formula is C23H40O3. The number of fused-ring (bicyclic) bond motifs is 7. The molecule has 0 aromatic rings. The lowest BCUT2D eigenvalue weighted by molar-refractivity contribution is -0.264. The molecule has 0 saturated heterocycles. The minimum Gasteiger partial charge on any atom is -0.394 e. The second-order valence-corrected chi connectivity index (χ2v) is 9.83. The van der Waals surface area contributed by atoms with E-state index in [1.165, 1.54) is 68.6 Å². The molecule has 4 aliphatic carbocycles. The van der Waals surface area contributed by atoms with Gasteiger partial charge in [0.15, 0.2) is 0 Å². The molecule has 3 nitrogen and oxygen atoms in total. The van der Waals surface area contributed by atoms with Gasteiger partial charge in [-0.2, -0.15) is 0 Å². The van der Waals surface area contributed by atoms with E-state index in [2.05, 4.69) is 0 Å². The fourth-order valence-corrected chi connectivity index (χ4v) is 7.15. The number of unbranched alkanes of at least 4 members (excludes halogenated alkanes) is 5. The van der Waals surface area contributed by atoms with Crippen LogP contribution in [0.25, 0.3) is 0 Å². The van der Waals surface area contributed by atoms with Crippen molar-refractivity contribution in [3.05, 3.63) is 0 Å². The standard InChI is InChI=1S/C23H40O3/c24-14-17(15-25)26-12-6-4-2-1-3-5-7-16-8-9-20-21(13-16)23-19-11-10-18(19)22(20)23/h16-25H,1-15H2/t16-,18-,19+,20+,21-,22-,23+/m0/s1. The highest BCUT2D eigenvalue weighted by molar-refractivity contribution is 5.16. The average Bonchev–Trinajstić information content (AvgIpc) is 2.64. The maximum Gasteiger partial charge on any atom is 0.104 e. The van der Waals surface area contributed by atoms with E-state index in [-0.39, 0.29) is 19.3 Å². The summed E-state index contributed by atoms with van der Waals surface area (Å²) in [5.74, 6) is 8.15. The molecule has 3 heteroatoms. The van der Waals surface area contributed by atoms with Crippen LogP contribution in [-0.2, 0) is 4.74 Å². The molecule has 0 unspecified atom stereocenters. The monoisotopic (exact) mass is 364 g/mol. The molecule has 0 amide bonds. The molecule has 4 aliphatic rings. The zero-order valence-electron chi connectivity index (χ0n) is 16.5. The lowest BCUT2D eigenvalue weighted by Crippen LogP contribution is -2.69. The summed E-state index contributed by atoms with van der Waals surface area (Å²) in [7, 11) is 0. The highest BCUT2D eigenvalue weighted by atomic mass is 16.5. The van der Waals surface area contributed by atoms with Gasteiger partial charge in [0, 0.05) is 6.61 Å². The predicted molar refractivity (Wildman–Crippen MR) is 104 cm³/mol. The topological polar surface area (TPSA) is 49.7 Å². The quantitative estimate of drug-likeness (QED) is 0.505. The molecular weight excluding hydrogens is 324 g/mol. The third kappa shape index (κ3) is 3.73. The van der Waals surface area contributed by atoms with E-state index in [0.29, 0.717) is 6.61 Å². The molecule has 0 bridgehead atoms. The van der Waals surface area contributed by atoms with Gasteiger partial charge in [0.25, 0.3) is 0 Å². The van der Waals surface area contributed by atoms with Crippen molar-refractivity contribution in [2.24, 2.45) is 41.4 Å². The van der Waals surface area contributed by atoms with E-state index in [4.69, 9.17) is 14.9 Å². The van der Waals surface area contributed by atoms with Gasteiger partial charge >= 0.3 is 0 Å². The van der Waals surface area contributed by atoms with Crippen LogP contribution < -0.4 is 0 Å². The highest BCUT2D eigenvalue weighted by Gasteiger charge is 2.68. The van der Waals surface area contributed by atoms with E-state index in [1.807, 2.05) is 0 Å². The Morgan fingerprint density at radius 3 is 1.96 bits per heavy atom. The maximum atomic E-state index is 8.94. The molecule has 2 N–H and O–H groups in total. The Labute approximate surface area is 159 Å². The predicted octanol–water partition coefficient (Wildman–Crippen LogP) is 4.41. The third-order valence-corrected chi connectivity index (χ3v) is 8.64. The van der Waals surface area contributed by atoms with Gasteiger partial charge in [-0.25, -0.2) is 0 Å². The van der Waals surface area contributed by atoms with Crippen molar-refractivity contribution in [3.63, 3.8) is 0 Å². The van der Waals surface area contributed by atoms with Crippen LogP contribution >= 0.6 is 0 Å². The summed E-state index contributed by atoms with van der Waals surface area (Å²) >= 11 is 0. The van der Waals surface area contributed by atoms with Crippen molar-refractivity contribution in [1.82, 2.24) is 0 Å². The van der Waals surface area contributed by atoms with E-state index in [9.17, 15) is 0 Å². The summed E-state index contributed by atoms with van der Waals surface area (Å²) in [6.45, 7) is 0.504. The van der Waals surface area contributed by atoms with E-state index < -0.39 is 0 Å². The Hall–Kier alpha value is -0.120. The van der Waals surface area contributed by atoms with Crippen LogP contribution in [0.2, 0.25) is 0 Å². The van der Waals surface area contributed by atoms with Gasteiger partial charge in [0.1, 0.15) is 6.10 Å². The normalized spacial score (nSPS) is 40.0. The molecule has 7 atom stereocenters. The summed E-state index contributed by atoms with van der Waals surface area (Å²) in [6.07, 6.45) is 16.7. The fraction of sp³-hybridized carbons (Fsp3) is 1.00. The molecule has 4 saturated carbocycles. The van der Waals surface area contributed by atoms with Gasteiger partial charge in [0.05, 0.1) is 13.2 Å². The Morgan fingerprint density at radius 2 is 1.27 bits per heavy atom. The highest BCUT2D eigenvalue weighted by Crippen LogP contribution is 2.74. The summed E-state index contributed by atoms with van der Waals surface area (Å²) in [5.41, 5.74) is 0. The van der Waals surface area contributed by atoms with Crippen molar-refractivity contribution >= 4 is 0 Å². The molecule has 0 radical (unpaired) electrons. The number of ether oxygens (including phenoxy) is 1. The smallest absolute Gasteiger partial charge is 0.104 e. The van der Waals surface area contributed by atoms with Gasteiger partial charge in [-0.15, -0.1) is 0 Å². The lowest BCUT2D eigenvalue weighted by Gasteiger charge is -2.74. The summed E-state index contributed by atoms with van der Waals surface area (Å²) in [4.78, 5) is 0. The molecule has 0 spiro atoms. The van der Waals surface area contributed by atoms with Crippen LogP contribution in [0.5, 0.6) is 0 Å². The zero-order chi connectivity index (χ0) is 17.9. The largest absolute Gasteiger partial charge is 0.394 e. The molecule has 0 aliphatic heterocycles. The number of rotatable bonds is 12. The van der Waals surface area contributed by atoms with Crippen LogP contribution in [0, 0.1) is 41.4 Å². The third-order valence-electron chi connectivity index (χ3n) is 8.64. The second kappa shape index (κ2) is 8.92. The first-order valence-corrected chi connectivity index (χ1v) is 11.7. The fourth-order valence-electron chi connectivity index (χ4n) is 7.15. The van der Waals surface area contributed by atoms with Gasteiger partial charge < -0.3 is 14.9 Å². The first kappa shape index (κ1) is 19.2. The van der Waals surface area contributed by atoms with Crippen molar-refractivity contribution < 1.29 is 14.9 Å². The minimum absolute atomic E-state index is 0.0814. The van der Waals surface area contributed by atoms with E-state index in [1.54, 1.807) is 25.7 Å². The molecule has 4 fully saturated rings. The van der Waals surface area contributed by atoms with Gasteiger partial charge in [0.2, 0.25) is 0 Å². The van der Waals surface area contributed by atoms with Crippen molar-refractivity contribution in [2.45, 2.75) is 83.2 Å². The Bertz CT molecular complexity index is 429. The van der Waals surface area contributed by atoms with Crippen molar-refractivity contribution in [1.29, 1.82) is 0 Å². The minimum atomic E-state index is -0.383. The number of aliphatic hydroxyl groups is 2. The average molecular weight is 365 g/mol. The van der Waals surface area contributed by atoms with Crippen molar-refractivity contribution in [2.75, 3.05) is 19.8 Å². The number of hydrogen-bond donors (Lipinski definition) is 2. The molecule has 0 aromatic heterocycles. The molecule has 4 rings (SSSR count). The summed E-state index contributed by atoms with van der Waals surface area (Å²) < 4.78 is 5.41.